The third-order valence-corrected chi connectivity index (χ3v) is 6.95. The Kier molecular flexibility index (Phi) is 9.25. The SMILES string of the molecule is CCCCCS(N)(=O)=O.Cc1nc2ccc(C(N)=O)cc2n1Cc1ccc(-c2ccccc2)cc1Cl. The molecule has 0 saturated carbocycles. The van der Waals surface area contributed by atoms with Crippen LogP contribution in [-0.2, 0) is 16.6 Å². The van der Waals surface area contributed by atoms with Crippen molar-refractivity contribution in [3.63, 3.8) is 0 Å². The molecular weight excluding hydrogens is 496 g/mol. The number of imidazole rings is 1. The molecule has 0 unspecified atom stereocenters. The van der Waals surface area contributed by atoms with Gasteiger partial charge < -0.3 is 10.3 Å². The zero-order chi connectivity index (χ0) is 26.3. The minimum absolute atomic E-state index is 0.126. The van der Waals surface area contributed by atoms with E-state index in [0.717, 1.165) is 46.4 Å². The van der Waals surface area contributed by atoms with Crippen molar-refractivity contribution in [3.8, 4) is 11.1 Å². The number of primary sulfonamides is 1. The Labute approximate surface area is 217 Å². The largest absolute Gasteiger partial charge is 0.366 e. The Morgan fingerprint density at radius 3 is 2.33 bits per heavy atom. The van der Waals surface area contributed by atoms with Gasteiger partial charge in [-0.25, -0.2) is 18.5 Å². The first-order valence-corrected chi connectivity index (χ1v) is 13.8. The van der Waals surface area contributed by atoms with E-state index in [4.69, 9.17) is 22.5 Å². The molecule has 4 rings (SSSR count). The van der Waals surface area contributed by atoms with Crippen molar-refractivity contribution in [2.75, 3.05) is 5.75 Å². The molecule has 0 bridgehead atoms. The van der Waals surface area contributed by atoms with Gasteiger partial charge in [0.2, 0.25) is 15.9 Å². The Morgan fingerprint density at radius 2 is 1.72 bits per heavy atom. The van der Waals surface area contributed by atoms with Crippen molar-refractivity contribution in [2.45, 2.75) is 39.7 Å². The summed E-state index contributed by atoms with van der Waals surface area (Å²) in [6.45, 7) is 4.53. The molecule has 4 N–H and O–H groups in total. The number of aryl methyl sites for hydroxylation is 1. The van der Waals surface area contributed by atoms with E-state index in [9.17, 15) is 13.2 Å². The van der Waals surface area contributed by atoms with Crippen molar-refractivity contribution in [3.05, 3.63) is 88.7 Å². The number of halogens is 1. The highest BCUT2D eigenvalue weighted by Crippen LogP contribution is 2.27. The maximum Gasteiger partial charge on any atom is 0.248 e. The van der Waals surface area contributed by atoms with Gasteiger partial charge in [-0.3, -0.25) is 4.79 Å². The number of carbonyl (C=O) groups is 1. The van der Waals surface area contributed by atoms with E-state index >= 15 is 0 Å². The Hall–Kier alpha value is -3.20. The van der Waals surface area contributed by atoms with Crippen LogP contribution in [0.5, 0.6) is 0 Å². The van der Waals surface area contributed by atoms with Crippen LogP contribution in [0.3, 0.4) is 0 Å². The Balaban J connectivity index is 0.000000345. The average Bonchev–Trinajstić information content (AvgIpc) is 3.15. The van der Waals surface area contributed by atoms with Crippen molar-refractivity contribution >= 4 is 38.6 Å². The van der Waals surface area contributed by atoms with Gasteiger partial charge in [-0.15, -0.1) is 0 Å². The third-order valence-electron chi connectivity index (χ3n) is 5.74. The number of nitrogens with zero attached hydrogens (tertiary/aromatic N) is 2. The van der Waals surface area contributed by atoms with Gasteiger partial charge in [0.15, 0.2) is 0 Å². The Morgan fingerprint density at radius 1 is 1.00 bits per heavy atom. The zero-order valence-electron chi connectivity index (χ0n) is 20.4. The highest BCUT2D eigenvalue weighted by atomic mass is 35.5. The van der Waals surface area contributed by atoms with Crippen LogP contribution in [0, 0.1) is 6.92 Å². The van der Waals surface area contributed by atoms with E-state index in [2.05, 4.69) is 23.2 Å². The number of rotatable bonds is 8. The number of aromatic nitrogens is 2. The van der Waals surface area contributed by atoms with Gasteiger partial charge in [0.25, 0.3) is 0 Å². The molecule has 1 heterocycles. The summed E-state index contributed by atoms with van der Waals surface area (Å²) in [6.07, 6.45) is 2.65. The summed E-state index contributed by atoms with van der Waals surface area (Å²) < 4.78 is 22.6. The minimum atomic E-state index is -3.20. The highest BCUT2D eigenvalue weighted by molar-refractivity contribution is 7.89. The molecule has 190 valence electrons. The number of unbranched alkanes of at least 4 members (excludes halogenated alkanes) is 2. The second kappa shape index (κ2) is 12.2. The number of amides is 1. The first kappa shape index (κ1) is 27.4. The number of hydrogen-bond donors (Lipinski definition) is 2. The second-order valence-electron chi connectivity index (χ2n) is 8.56. The summed E-state index contributed by atoms with van der Waals surface area (Å²) in [5.41, 5.74) is 10.8. The number of carbonyl (C=O) groups excluding carboxylic acids is 1. The van der Waals surface area contributed by atoms with Gasteiger partial charge >= 0.3 is 0 Å². The lowest BCUT2D eigenvalue weighted by atomic mass is 10.0. The van der Waals surface area contributed by atoms with Crippen LogP contribution in [0.25, 0.3) is 22.2 Å². The molecule has 0 saturated heterocycles. The fourth-order valence-corrected chi connectivity index (χ4v) is 4.65. The fraction of sp³-hybridized carbons (Fsp3) is 0.259. The quantitative estimate of drug-likeness (QED) is 0.303. The molecule has 1 amide bonds. The van der Waals surface area contributed by atoms with E-state index in [1.807, 2.05) is 54.8 Å². The topological polar surface area (TPSA) is 121 Å². The van der Waals surface area contributed by atoms with Gasteiger partial charge in [0.1, 0.15) is 5.82 Å². The maximum absolute atomic E-state index is 11.5. The summed E-state index contributed by atoms with van der Waals surface area (Å²) in [6, 6.07) is 21.5. The smallest absolute Gasteiger partial charge is 0.248 e. The standard InChI is InChI=1S/C22H18ClN3O.C5H13NO2S/c1-14-25-20-10-9-17(22(24)27)12-21(20)26(14)13-18-8-7-16(11-19(18)23)15-5-3-2-4-6-15;1-2-3-4-5-9(6,7)8/h2-12H,13H2,1H3,(H2,24,27);2-5H2,1H3,(H2,6,7,8). The van der Waals surface area contributed by atoms with Gasteiger partial charge in [-0.1, -0.05) is 73.8 Å². The van der Waals surface area contributed by atoms with Crippen LogP contribution < -0.4 is 10.9 Å². The predicted octanol–water partition coefficient (Wildman–Crippen LogP) is 5.28. The van der Waals surface area contributed by atoms with Crippen LogP contribution in [0.1, 0.15) is 47.9 Å². The third kappa shape index (κ3) is 7.40. The van der Waals surface area contributed by atoms with Gasteiger partial charge in [-0.2, -0.15) is 0 Å². The normalized spacial score (nSPS) is 11.2. The van der Waals surface area contributed by atoms with Crippen molar-refractivity contribution < 1.29 is 13.2 Å². The van der Waals surface area contributed by atoms with E-state index in [0.29, 0.717) is 23.6 Å². The molecule has 0 spiro atoms. The summed E-state index contributed by atoms with van der Waals surface area (Å²) in [5, 5.41) is 5.45. The average molecular weight is 527 g/mol. The highest BCUT2D eigenvalue weighted by Gasteiger charge is 2.12. The Bertz CT molecular complexity index is 1450. The van der Waals surface area contributed by atoms with E-state index in [1.165, 1.54) is 0 Å². The van der Waals surface area contributed by atoms with E-state index < -0.39 is 15.9 Å². The minimum Gasteiger partial charge on any atom is -0.366 e. The molecule has 0 radical (unpaired) electrons. The molecule has 9 heteroatoms. The molecule has 0 aliphatic rings. The molecule has 7 nitrogen and oxygen atoms in total. The summed E-state index contributed by atoms with van der Waals surface area (Å²) in [7, 11) is -3.20. The predicted molar refractivity (Wildman–Crippen MR) is 146 cm³/mol. The molecule has 0 fully saturated rings. The molecule has 1 aromatic heterocycles. The van der Waals surface area contributed by atoms with Crippen LogP contribution in [-0.4, -0.2) is 29.6 Å². The lowest BCUT2D eigenvalue weighted by molar-refractivity contribution is 0.100. The first-order valence-electron chi connectivity index (χ1n) is 11.7. The van der Waals surface area contributed by atoms with Crippen molar-refractivity contribution in [2.24, 2.45) is 10.9 Å². The zero-order valence-corrected chi connectivity index (χ0v) is 22.0. The monoisotopic (exact) mass is 526 g/mol. The second-order valence-corrected chi connectivity index (χ2v) is 10.7. The molecular formula is C27H31ClN4O3S. The number of benzene rings is 3. The number of nitrogens with two attached hydrogens (primary N) is 2. The summed E-state index contributed by atoms with van der Waals surface area (Å²) in [5.74, 6) is 0.531. The lowest BCUT2D eigenvalue weighted by Crippen LogP contribution is -2.16. The van der Waals surface area contributed by atoms with Crippen LogP contribution in [0.4, 0.5) is 0 Å². The maximum atomic E-state index is 11.5. The summed E-state index contributed by atoms with van der Waals surface area (Å²) in [4.78, 5) is 16.1. The molecule has 0 aliphatic carbocycles. The van der Waals surface area contributed by atoms with Crippen LogP contribution in [0.15, 0.2) is 66.7 Å². The van der Waals surface area contributed by atoms with Gasteiger partial charge in [0, 0.05) is 10.6 Å². The molecule has 3 aromatic carbocycles. The van der Waals surface area contributed by atoms with Crippen molar-refractivity contribution in [1.29, 1.82) is 0 Å². The summed E-state index contributed by atoms with van der Waals surface area (Å²) >= 11 is 6.57. The molecule has 4 aromatic rings. The number of sulfonamides is 1. The molecule has 36 heavy (non-hydrogen) atoms. The molecule has 0 atom stereocenters. The van der Waals surface area contributed by atoms with Crippen molar-refractivity contribution in [1.82, 2.24) is 9.55 Å². The number of primary amides is 1. The first-order chi connectivity index (χ1) is 17.1. The molecule has 0 aliphatic heterocycles. The number of hydrogen-bond acceptors (Lipinski definition) is 4. The number of fused-ring (bicyclic) bond motifs is 1. The fourth-order valence-electron chi connectivity index (χ4n) is 3.81. The van der Waals surface area contributed by atoms with E-state index in [-0.39, 0.29) is 5.75 Å². The lowest BCUT2D eigenvalue weighted by Gasteiger charge is -2.11. The van der Waals surface area contributed by atoms with Gasteiger partial charge in [-0.05, 0) is 54.3 Å². The van der Waals surface area contributed by atoms with Crippen LogP contribution >= 0.6 is 11.6 Å². The van der Waals surface area contributed by atoms with Gasteiger partial charge in [0.05, 0.1) is 23.3 Å². The van der Waals surface area contributed by atoms with E-state index in [1.54, 1.807) is 12.1 Å². The van der Waals surface area contributed by atoms with Crippen LogP contribution in [0.2, 0.25) is 5.02 Å².